The van der Waals surface area contributed by atoms with Gasteiger partial charge in [-0.25, -0.2) is 10.6 Å². The molecule has 0 fully saturated rings. The molecule has 0 heterocycles. The second kappa shape index (κ2) is 5.08. The van der Waals surface area contributed by atoms with E-state index in [9.17, 15) is 14.5 Å². The summed E-state index contributed by atoms with van der Waals surface area (Å²) in [5.74, 6) is 3.79. The van der Waals surface area contributed by atoms with Gasteiger partial charge in [-0.3, -0.25) is 14.6 Å². The van der Waals surface area contributed by atoms with Crippen LogP contribution >= 0.6 is 12.6 Å². The van der Waals surface area contributed by atoms with E-state index in [-0.39, 0.29) is 0 Å². The van der Waals surface area contributed by atoms with Crippen LogP contribution in [0.4, 0.5) is 0 Å². The zero-order valence-electron chi connectivity index (χ0n) is 8.63. The Morgan fingerprint density at radius 2 is 2.00 bits per heavy atom. The van der Waals surface area contributed by atoms with Crippen molar-refractivity contribution in [3.63, 3.8) is 0 Å². The summed E-state index contributed by atoms with van der Waals surface area (Å²) < 4.78 is -0.956. The Balaban J connectivity index is 4.97. The van der Waals surface area contributed by atoms with Crippen molar-refractivity contribution in [2.45, 2.75) is 31.6 Å². The van der Waals surface area contributed by atoms with Crippen molar-refractivity contribution in [2.24, 2.45) is 11.2 Å². The molecule has 8 heteroatoms. The Labute approximate surface area is 92.2 Å². The zero-order valence-corrected chi connectivity index (χ0v) is 9.52. The van der Waals surface area contributed by atoms with Crippen molar-refractivity contribution in [3.05, 3.63) is 4.91 Å². The van der Waals surface area contributed by atoms with Crippen molar-refractivity contribution < 1.29 is 14.4 Å². The molecular formula is C7H13N3O4S. The van der Waals surface area contributed by atoms with Crippen LogP contribution in [0.15, 0.2) is 5.34 Å². The van der Waals surface area contributed by atoms with Gasteiger partial charge in [0.1, 0.15) is 0 Å². The van der Waals surface area contributed by atoms with Crippen molar-refractivity contribution in [3.8, 4) is 0 Å². The Hall–Kier alpha value is -1.15. The molecule has 0 aliphatic heterocycles. The van der Waals surface area contributed by atoms with Gasteiger partial charge < -0.3 is 0 Å². The van der Waals surface area contributed by atoms with Gasteiger partial charge >= 0.3 is 5.97 Å². The number of hydrazine groups is 1. The first-order valence-electron chi connectivity index (χ1n) is 4.02. The van der Waals surface area contributed by atoms with Gasteiger partial charge in [-0.15, -0.1) is 4.91 Å². The molecule has 0 bridgehead atoms. The Bertz CT molecular complexity index is 276. The quantitative estimate of drug-likeness (QED) is 0.235. The zero-order chi connectivity index (χ0) is 12.2. The molecule has 0 saturated carbocycles. The topological polar surface area (TPSA) is 102 Å². The number of thiol groups is 1. The summed E-state index contributed by atoms with van der Waals surface area (Å²) in [7, 11) is 0. The monoisotopic (exact) mass is 235 g/mol. The van der Waals surface area contributed by atoms with E-state index in [4.69, 9.17) is 5.84 Å². The molecule has 0 aromatic heterocycles. The van der Waals surface area contributed by atoms with Gasteiger partial charge in [0.05, 0.1) is 0 Å². The van der Waals surface area contributed by atoms with Gasteiger partial charge in [0.2, 0.25) is 5.91 Å². The number of carbonyl (C=O) groups excluding carboxylic acids is 2. The molecule has 0 aromatic carbocycles. The molecular weight excluding hydrogens is 222 g/mol. The Kier molecular flexibility index (Phi) is 4.69. The van der Waals surface area contributed by atoms with Gasteiger partial charge in [-0.2, -0.15) is 12.6 Å². The average Bonchev–Trinajstić information content (AvgIpc) is 2.01. The van der Waals surface area contributed by atoms with Gasteiger partial charge in [-0.1, -0.05) is 0 Å². The van der Waals surface area contributed by atoms with Crippen LogP contribution in [0.25, 0.3) is 0 Å². The van der Waals surface area contributed by atoms with E-state index in [1.807, 2.05) is 5.34 Å². The summed E-state index contributed by atoms with van der Waals surface area (Å²) in [6, 6.07) is -1.18. The lowest BCUT2D eigenvalue weighted by atomic mass is 10.0. The molecule has 0 saturated heterocycles. The Morgan fingerprint density at radius 1 is 1.53 bits per heavy atom. The number of amides is 1. The molecule has 86 valence electrons. The number of rotatable bonds is 4. The number of hydrogen-bond acceptors (Lipinski definition) is 7. The van der Waals surface area contributed by atoms with Crippen molar-refractivity contribution in [2.75, 3.05) is 0 Å². The molecule has 1 atom stereocenters. The minimum Gasteiger partial charge on any atom is -0.282 e. The van der Waals surface area contributed by atoms with Crippen molar-refractivity contribution >= 4 is 24.5 Å². The maximum Gasteiger partial charge on any atom is 0.363 e. The van der Waals surface area contributed by atoms with E-state index >= 15 is 0 Å². The molecule has 2 N–H and O–H groups in total. The van der Waals surface area contributed by atoms with Crippen molar-refractivity contribution in [1.29, 1.82) is 0 Å². The van der Waals surface area contributed by atoms with Crippen LogP contribution in [0.5, 0.6) is 0 Å². The third-order valence-corrected chi connectivity index (χ3v) is 1.91. The first-order valence-corrected chi connectivity index (χ1v) is 4.47. The number of nitrogens with zero attached hydrogens (tertiary/aromatic N) is 2. The molecule has 7 nitrogen and oxygen atoms in total. The summed E-state index contributed by atoms with van der Waals surface area (Å²) in [6.07, 6.45) is 0. The minimum atomic E-state index is -1.18. The third-order valence-electron chi connectivity index (χ3n) is 1.66. The molecule has 1 amide bonds. The third kappa shape index (κ3) is 3.84. The van der Waals surface area contributed by atoms with Crippen LogP contribution < -0.4 is 5.84 Å². The normalized spacial score (nSPS) is 12.9. The molecule has 0 aromatic rings. The summed E-state index contributed by atoms with van der Waals surface area (Å²) >= 11 is 4.10. The number of carbonyl (C=O) groups is 2. The van der Waals surface area contributed by atoms with E-state index in [1.165, 1.54) is 6.92 Å². The SMILES string of the molecule is CC(=O)N(N)[C@H](C(=O)ON=O)C(C)(C)S. The number of hydrogen-bond donors (Lipinski definition) is 2. The fourth-order valence-corrected chi connectivity index (χ4v) is 1.24. The van der Waals surface area contributed by atoms with Gasteiger partial charge in [0.25, 0.3) is 0 Å². The highest BCUT2D eigenvalue weighted by Crippen LogP contribution is 2.22. The van der Waals surface area contributed by atoms with Crippen LogP contribution in [0.2, 0.25) is 0 Å². The molecule has 0 spiro atoms. The lowest BCUT2D eigenvalue weighted by molar-refractivity contribution is -0.156. The summed E-state index contributed by atoms with van der Waals surface area (Å²) in [5, 5.41) is 2.64. The van der Waals surface area contributed by atoms with E-state index in [0.717, 1.165) is 0 Å². The first kappa shape index (κ1) is 13.8. The predicted octanol–water partition coefficient (Wildman–Crippen LogP) is 0.0102. The Morgan fingerprint density at radius 3 is 2.27 bits per heavy atom. The molecule has 0 unspecified atom stereocenters. The van der Waals surface area contributed by atoms with Crippen LogP contribution in [0, 0.1) is 4.91 Å². The standard InChI is InChI=1S/C7H13N3O4S/c1-4(11)10(8)5(7(2,3)15)6(12)14-9-13/h5,15H,8H2,1-3H3/t5-/m1/s1. The maximum atomic E-state index is 11.3. The largest absolute Gasteiger partial charge is 0.363 e. The van der Waals surface area contributed by atoms with Crippen LogP contribution in [-0.4, -0.2) is 27.7 Å². The second-order valence-corrected chi connectivity index (χ2v) is 4.62. The minimum absolute atomic E-state index is 0.551. The summed E-state index contributed by atoms with van der Waals surface area (Å²) in [6.45, 7) is 4.28. The molecule has 0 radical (unpaired) electrons. The fourth-order valence-electron chi connectivity index (χ4n) is 1.01. The van der Waals surface area contributed by atoms with E-state index < -0.39 is 22.7 Å². The smallest absolute Gasteiger partial charge is 0.282 e. The molecule has 0 aliphatic carbocycles. The van der Waals surface area contributed by atoms with E-state index in [2.05, 4.69) is 17.5 Å². The van der Waals surface area contributed by atoms with Crippen LogP contribution in [-0.2, 0) is 14.4 Å². The molecule has 0 rings (SSSR count). The lowest BCUT2D eigenvalue weighted by Crippen LogP contribution is -2.57. The van der Waals surface area contributed by atoms with Crippen molar-refractivity contribution in [1.82, 2.24) is 5.01 Å². The first-order chi connectivity index (χ1) is 6.71. The molecule has 0 aliphatic rings. The predicted molar refractivity (Wildman–Crippen MR) is 55.4 cm³/mol. The molecule has 15 heavy (non-hydrogen) atoms. The lowest BCUT2D eigenvalue weighted by Gasteiger charge is -2.32. The van der Waals surface area contributed by atoms with Crippen LogP contribution in [0.1, 0.15) is 20.8 Å². The number of nitrogens with two attached hydrogens (primary N) is 1. The van der Waals surface area contributed by atoms with E-state index in [1.54, 1.807) is 13.8 Å². The highest BCUT2D eigenvalue weighted by atomic mass is 32.1. The summed E-state index contributed by atoms with van der Waals surface area (Å²) in [4.78, 5) is 36.0. The summed E-state index contributed by atoms with van der Waals surface area (Å²) in [5.41, 5.74) is 0. The van der Waals surface area contributed by atoms with Gasteiger partial charge in [0, 0.05) is 11.7 Å². The second-order valence-electron chi connectivity index (χ2n) is 3.47. The average molecular weight is 235 g/mol. The van der Waals surface area contributed by atoms with Crippen LogP contribution in [0.3, 0.4) is 0 Å². The highest BCUT2D eigenvalue weighted by Gasteiger charge is 2.39. The maximum absolute atomic E-state index is 11.3. The fraction of sp³-hybridized carbons (Fsp3) is 0.714. The highest BCUT2D eigenvalue weighted by molar-refractivity contribution is 7.81. The van der Waals surface area contributed by atoms with Gasteiger partial charge in [0.15, 0.2) is 11.4 Å². The van der Waals surface area contributed by atoms with E-state index in [0.29, 0.717) is 5.01 Å². The van der Waals surface area contributed by atoms with Gasteiger partial charge in [-0.05, 0) is 13.8 Å².